The molecule has 0 aliphatic carbocycles. The molecule has 9 heteroatoms. The highest BCUT2D eigenvalue weighted by Gasteiger charge is 2.41. The largest absolute Gasteiger partial charge is 0.386 e. The zero-order chi connectivity index (χ0) is 18.6. The molecule has 0 spiro atoms. The molecule has 9 nitrogen and oxygen atoms in total. The maximum absolute atomic E-state index is 12.5. The van der Waals surface area contributed by atoms with Crippen LogP contribution in [-0.2, 0) is 4.79 Å². The number of amides is 1. The molecule has 0 saturated carbocycles. The molecular formula is C16H27N5O4. The van der Waals surface area contributed by atoms with E-state index in [4.69, 9.17) is 11.5 Å². The number of β-amino-alcohol motifs (C(OH)–C–C–N with tert-alkyl or cyclic N) is 1. The minimum Gasteiger partial charge on any atom is -0.386 e. The third-order valence-electron chi connectivity index (χ3n) is 4.69. The third-order valence-corrected chi connectivity index (χ3v) is 4.69. The SMILES string of the molecule is C[C@@]1(O)CN(C(=O)[C@H](N)CCCCN)CC[C@H]1n1ccc(=O)[nH]c1=O. The number of nitrogens with two attached hydrogens (primary N) is 2. The van der Waals surface area contributed by atoms with E-state index in [0.29, 0.717) is 25.9 Å². The minimum absolute atomic E-state index is 0.0760. The number of carbonyl (C=O) groups is 1. The highest BCUT2D eigenvalue weighted by atomic mass is 16.3. The first-order valence-electron chi connectivity index (χ1n) is 8.54. The second-order valence-corrected chi connectivity index (χ2v) is 6.83. The van der Waals surface area contributed by atoms with E-state index in [-0.39, 0.29) is 12.5 Å². The molecule has 140 valence electrons. The molecule has 0 aromatic carbocycles. The minimum atomic E-state index is -1.31. The van der Waals surface area contributed by atoms with E-state index >= 15 is 0 Å². The van der Waals surface area contributed by atoms with Gasteiger partial charge in [0.2, 0.25) is 5.91 Å². The summed E-state index contributed by atoms with van der Waals surface area (Å²) in [5.74, 6) is -0.204. The van der Waals surface area contributed by atoms with Gasteiger partial charge in [-0.15, -0.1) is 0 Å². The van der Waals surface area contributed by atoms with Gasteiger partial charge >= 0.3 is 5.69 Å². The number of unbranched alkanes of at least 4 members (excludes halogenated alkanes) is 1. The molecule has 2 rings (SSSR count). The zero-order valence-corrected chi connectivity index (χ0v) is 14.5. The number of rotatable bonds is 6. The van der Waals surface area contributed by atoms with Crippen molar-refractivity contribution in [1.29, 1.82) is 0 Å². The van der Waals surface area contributed by atoms with Crippen molar-refractivity contribution >= 4 is 5.91 Å². The average molecular weight is 353 g/mol. The average Bonchev–Trinajstić information content (AvgIpc) is 2.54. The first-order chi connectivity index (χ1) is 11.8. The summed E-state index contributed by atoms with van der Waals surface area (Å²) < 4.78 is 1.31. The summed E-state index contributed by atoms with van der Waals surface area (Å²) in [4.78, 5) is 39.4. The quantitative estimate of drug-likeness (QED) is 0.458. The lowest BCUT2D eigenvalue weighted by atomic mass is 9.88. The summed E-state index contributed by atoms with van der Waals surface area (Å²) in [5.41, 5.74) is 9.02. The number of carbonyl (C=O) groups excluding carboxylic acids is 1. The van der Waals surface area contributed by atoms with Gasteiger partial charge < -0.3 is 21.5 Å². The molecular weight excluding hydrogens is 326 g/mol. The van der Waals surface area contributed by atoms with Crippen LogP contribution in [0.25, 0.3) is 0 Å². The van der Waals surface area contributed by atoms with Crippen LogP contribution < -0.4 is 22.7 Å². The molecule has 1 aliphatic rings. The third kappa shape index (κ3) is 4.56. The van der Waals surface area contributed by atoms with Crippen LogP contribution in [0.15, 0.2) is 21.9 Å². The van der Waals surface area contributed by atoms with Crippen molar-refractivity contribution in [2.45, 2.75) is 50.3 Å². The van der Waals surface area contributed by atoms with Crippen molar-refractivity contribution in [3.63, 3.8) is 0 Å². The van der Waals surface area contributed by atoms with Gasteiger partial charge in [-0.1, -0.05) is 6.42 Å². The van der Waals surface area contributed by atoms with Crippen molar-refractivity contribution < 1.29 is 9.90 Å². The van der Waals surface area contributed by atoms with Crippen LogP contribution in [0.1, 0.15) is 38.6 Å². The maximum Gasteiger partial charge on any atom is 0.328 e. The molecule has 3 atom stereocenters. The van der Waals surface area contributed by atoms with Gasteiger partial charge in [-0.3, -0.25) is 19.1 Å². The van der Waals surface area contributed by atoms with Crippen molar-refractivity contribution in [1.82, 2.24) is 14.5 Å². The standard InChI is InChI=1S/C16H27N5O4/c1-16(25)10-20(14(23)11(18)4-2-3-7-17)8-5-12(16)21-9-6-13(22)19-15(21)24/h6,9,11-12,25H,2-5,7-8,10,17-18H2,1H3,(H,19,22,24)/t11-,12-,16-/m1/s1. The second-order valence-electron chi connectivity index (χ2n) is 6.83. The number of likely N-dealkylation sites (tertiary alicyclic amines) is 1. The number of H-pyrrole nitrogens is 1. The smallest absolute Gasteiger partial charge is 0.328 e. The van der Waals surface area contributed by atoms with Crippen LogP contribution >= 0.6 is 0 Å². The Morgan fingerprint density at radius 3 is 2.80 bits per heavy atom. The number of hydrogen-bond donors (Lipinski definition) is 4. The molecule has 0 bridgehead atoms. The fourth-order valence-corrected chi connectivity index (χ4v) is 3.33. The fraction of sp³-hybridized carbons (Fsp3) is 0.688. The molecule has 1 aromatic rings. The molecule has 0 radical (unpaired) electrons. The van der Waals surface area contributed by atoms with E-state index in [1.807, 2.05) is 0 Å². The summed E-state index contributed by atoms with van der Waals surface area (Å²) >= 11 is 0. The fourth-order valence-electron chi connectivity index (χ4n) is 3.33. The summed E-state index contributed by atoms with van der Waals surface area (Å²) in [5, 5.41) is 10.8. The Kier molecular flexibility index (Phi) is 6.15. The Bertz CT molecular complexity index is 711. The Balaban J connectivity index is 2.08. The molecule has 1 amide bonds. The predicted octanol–water partition coefficient (Wildman–Crippen LogP) is -1.48. The molecule has 1 aromatic heterocycles. The van der Waals surface area contributed by atoms with E-state index in [9.17, 15) is 19.5 Å². The monoisotopic (exact) mass is 353 g/mol. The maximum atomic E-state index is 12.5. The van der Waals surface area contributed by atoms with Gasteiger partial charge in [0, 0.05) is 18.8 Å². The summed E-state index contributed by atoms with van der Waals surface area (Å²) in [7, 11) is 0. The molecule has 1 aliphatic heterocycles. The van der Waals surface area contributed by atoms with Crippen molar-refractivity contribution in [2.24, 2.45) is 11.5 Å². The van der Waals surface area contributed by atoms with E-state index < -0.39 is 28.9 Å². The number of hydrogen-bond acceptors (Lipinski definition) is 6. The number of aromatic nitrogens is 2. The predicted molar refractivity (Wildman–Crippen MR) is 93.1 cm³/mol. The lowest BCUT2D eigenvalue weighted by molar-refractivity contribution is -0.142. The molecule has 1 fully saturated rings. The van der Waals surface area contributed by atoms with Gasteiger partial charge in [-0.2, -0.15) is 0 Å². The van der Waals surface area contributed by atoms with E-state index in [0.717, 1.165) is 12.8 Å². The van der Waals surface area contributed by atoms with Crippen molar-refractivity contribution in [3.05, 3.63) is 33.1 Å². The van der Waals surface area contributed by atoms with E-state index in [1.165, 1.54) is 16.8 Å². The number of nitrogens with zero attached hydrogens (tertiary/aromatic N) is 2. The Morgan fingerprint density at radius 1 is 1.48 bits per heavy atom. The first kappa shape index (κ1) is 19.4. The van der Waals surface area contributed by atoms with Gasteiger partial charge in [0.15, 0.2) is 0 Å². The van der Waals surface area contributed by atoms with Crippen LogP contribution in [0.2, 0.25) is 0 Å². The number of aromatic amines is 1. The van der Waals surface area contributed by atoms with E-state index in [1.54, 1.807) is 11.8 Å². The molecule has 2 heterocycles. The topological polar surface area (TPSA) is 147 Å². The Morgan fingerprint density at radius 2 is 2.20 bits per heavy atom. The number of piperidine rings is 1. The van der Waals surface area contributed by atoms with Gasteiger partial charge in [-0.05, 0) is 32.7 Å². The molecule has 1 saturated heterocycles. The summed E-state index contributed by atoms with van der Waals surface area (Å²) in [6, 6.07) is 0.0894. The van der Waals surface area contributed by atoms with Crippen LogP contribution in [0.4, 0.5) is 0 Å². The lowest BCUT2D eigenvalue weighted by Crippen LogP contribution is -2.58. The second kappa shape index (κ2) is 7.94. The summed E-state index contributed by atoms with van der Waals surface area (Å²) in [6.45, 7) is 2.60. The van der Waals surface area contributed by atoms with E-state index in [2.05, 4.69) is 4.98 Å². The highest BCUT2D eigenvalue weighted by molar-refractivity contribution is 5.81. The van der Waals surface area contributed by atoms with Gasteiger partial charge in [0.25, 0.3) is 5.56 Å². The Labute approximate surface area is 145 Å². The van der Waals surface area contributed by atoms with Gasteiger partial charge in [0.1, 0.15) is 5.60 Å². The zero-order valence-electron chi connectivity index (χ0n) is 14.5. The molecule has 0 unspecified atom stereocenters. The van der Waals surface area contributed by atoms with Crippen molar-refractivity contribution in [3.8, 4) is 0 Å². The van der Waals surface area contributed by atoms with Crippen LogP contribution in [0, 0.1) is 0 Å². The van der Waals surface area contributed by atoms with Crippen LogP contribution in [0.3, 0.4) is 0 Å². The number of nitrogens with one attached hydrogen (secondary N) is 1. The highest BCUT2D eigenvalue weighted by Crippen LogP contribution is 2.30. The van der Waals surface area contributed by atoms with Crippen LogP contribution in [-0.4, -0.2) is 56.7 Å². The van der Waals surface area contributed by atoms with Crippen LogP contribution in [0.5, 0.6) is 0 Å². The molecule has 25 heavy (non-hydrogen) atoms. The normalized spacial score (nSPS) is 25.0. The molecule has 6 N–H and O–H groups in total. The Hall–Kier alpha value is -1.97. The van der Waals surface area contributed by atoms with Crippen molar-refractivity contribution in [2.75, 3.05) is 19.6 Å². The van der Waals surface area contributed by atoms with Gasteiger partial charge in [0.05, 0.1) is 18.6 Å². The lowest BCUT2D eigenvalue weighted by Gasteiger charge is -2.44. The number of aliphatic hydroxyl groups is 1. The summed E-state index contributed by atoms with van der Waals surface area (Å²) in [6.07, 6.45) is 3.91. The first-order valence-corrected chi connectivity index (χ1v) is 8.54. The van der Waals surface area contributed by atoms with Gasteiger partial charge in [-0.25, -0.2) is 4.79 Å².